The van der Waals surface area contributed by atoms with Gasteiger partial charge in [0.05, 0.1) is 16.4 Å². The van der Waals surface area contributed by atoms with E-state index in [1.807, 2.05) is 12.1 Å². The Hall–Kier alpha value is -9.19. The molecule has 68 heavy (non-hydrogen) atoms. The van der Waals surface area contributed by atoms with Crippen LogP contribution in [0.1, 0.15) is 0 Å². The van der Waals surface area contributed by atoms with Crippen LogP contribution in [0.25, 0.3) is 128 Å². The molecule has 5 heteroatoms. The van der Waals surface area contributed by atoms with Crippen molar-refractivity contribution in [3.05, 3.63) is 243 Å². The van der Waals surface area contributed by atoms with Crippen LogP contribution in [0.2, 0.25) is 0 Å². The highest BCUT2D eigenvalue weighted by molar-refractivity contribution is 6.24. The molecule has 0 aliphatic heterocycles. The van der Waals surface area contributed by atoms with Gasteiger partial charge in [0, 0.05) is 38.5 Å². The molecule has 0 saturated carbocycles. The average molecular weight is 869 g/mol. The van der Waals surface area contributed by atoms with Crippen molar-refractivity contribution >= 4 is 43.7 Å². The van der Waals surface area contributed by atoms with Crippen LogP contribution in [0.15, 0.2) is 247 Å². The number of fused-ring (bicyclic) bond motifs is 7. The van der Waals surface area contributed by atoms with Gasteiger partial charge in [0.1, 0.15) is 11.2 Å². The molecule has 0 fully saturated rings. The van der Waals surface area contributed by atoms with Crippen LogP contribution in [0.4, 0.5) is 0 Å². The fourth-order valence-corrected chi connectivity index (χ4v) is 9.71. The van der Waals surface area contributed by atoms with Crippen LogP contribution in [0.5, 0.6) is 0 Å². The Bertz CT molecular complexity index is 3900. The first-order valence-corrected chi connectivity index (χ1v) is 22.9. The fraction of sp³-hybridized carbons (Fsp3) is 0. The molecule has 0 N–H and O–H groups in total. The fourth-order valence-electron chi connectivity index (χ4n) is 9.71. The Kier molecular flexibility index (Phi) is 9.43. The molecule has 10 aromatic carbocycles. The summed E-state index contributed by atoms with van der Waals surface area (Å²) in [7, 11) is 0. The number of nitrogens with zero attached hydrogens (tertiary/aromatic N) is 4. The van der Waals surface area contributed by atoms with Crippen LogP contribution in [0.3, 0.4) is 0 Å². The number of hydrogen-bond donors (Lipinski definition) is 0. The molecule has 0 atom stereocenters. The van der Waals surface area contributed by atoms with Crippen molar-refractivity contribution in [1.82, 2.24) is 19.5 Å². The van der Waals surface area contributed by atoms with Crippen LogP contribution in [0, 0.1) is 0 Å². The molecule has 0 spiro atoms. The maximum Gasteiger partial charge on any atom is 0.164 e. The van der Waals surface area contributed by atoms with E-state index < -0.39 is 0 Å². The molecule has 0 amide bonds. The van der Waals surface area contributed by atoms with E-state index in [0.717, 1.165) is 93.9 Å². The summed E-state index contributed by atoms with van der Waals surface area (Å²) in [4.78, 5) is 15.5. The quantitative estimate of drug-likeness (QED) is 0.153. The molecule has 0 aliphatic carbocycles. The minimum atomic E-state index is 0.568. The van der Waals surface area contributed by atoms with E-state index >= 15 is 0 Å². The molecule has 3 heterocycles. The Labute approximate surface area is 392 Å². The second-order valence-electron chi connectivity index (χ2n) is 17.2. The van der Waals surface area contributed by atoms with Crippen molar-refractivity contribution in [2.24, 2.45) is 0 Å². The number of furan rings is 1. The van der Waals surface area contributed by atoms with Gasteiger partial charge in [-0.1, -0.05) is 188 Å². The molecular formula is C63H40N4O. The first-order chi connectivity index (χ1) is 33.7. The zero-order valence-electron chi connectivity index (χ0n) is 36.8. The average Bonchev–Trinajstić information content (AvgIpc) is 3.97. The zero-order chi connectivity index (χ0) is 45.0. The second-order valence-corrected chi connectivity index (χ2v) is 17.2. The number of hydrogen-bond acceptors (Lipinski definition) is 4. The Morgan fingerprint density at radius 3 is 1.31 bits per heavy atom. The van der Waals surface area contributed by atoms with E-state index in [1.165, 1.54) is 16.7 Å². The molecule has 0 saturated heterocycles. The van der Waals surface area contributed by atoms with Crippen molar-refractivity contribution in [2.75, 3.05) is 0 Å². The summed E-state index contributed by atoms with van der Waals surface area (Å²) in [6, 6.07) is 85.2. The maximum absolute atomic E-state index is 7.00. The van der Waals surface area contributed by atoms with Gasteiger partial charge in [-0.3, -0.25) is 0 Å². The van der Waals surface area contributed by atoms with Crippen LogP contribution in [-0.2, 0) is 0 Å². The van der Waals surface area contributed by atoms with E-state index in [4.69, 9.17) is 19.4 Å². The predicted octanol–water partition coefficient (Wildman–Crippen LogP) is 16.5. The zero-order valence-corrected chi connectivity index (χ0v) is 36.8. The second kappa shape index (κ2) is 16.4. The van der Waals surface area contributed by atoms with Crippen LogP contribution >= 0.6 is 0 Å². The van der Waals surface area contributed by atoms with Gasteiger partial charge in [-0.15, -0.1) is 0 Å². The molecule has 13 aromatic rings. The lowest BCUT2D eigenvalue weighted by atomic mass is 10.00. The third kappa shape index (κ3) is 6.93. The summed E-state index contributed by atoms with van der Waals surface area (Å²) in [6.45, 7) is 0. The van der Waals surface area contributed by atoms with Gasteiger partial charge in [0.25, 0.3) is 0 Å². The first kappa shape index (κ1) is 39.2. The third-order valence-corrected chi connectivity index (χ3v) is 13.1. The Balaban J connectivity index is 0.933. The molecule has 0 radical (unpaired) electrons. The first-order valence-electron chi connectivity index (χ1n) is 22.9. The third-order valence-electron chi connectivity index (χ3n) is 13.1. The minimum absolute atomic E-state index is 0.568. The lowest BCUT2D eigenvalue weighted by Gasteiger charge is -2.11. The minimum Gasteiger partial charge on any atom is -0.455 e. The summed E-state index contributed by atoms with van der Waals surface area (Å²) >= 11 is 0. The largest absolute Gasteiger partial charge is 0.455 e. The van der Waals surface area contributed by atoms with Crippen LogP contribution < -0.4 is 0 Å². The van der Waals surface area contributed by atoms with Gasteiger partial charge in [0.2, 0.25) is 0 Å². The van der Waals surface area contributed by atoms with E-state index in [0.29, 0.717) is 17.5 Å². The highest BCUT2D eigenvalue weighted by atomic mass is 16.3. The summed E-state index contributed by atoms with van der Waals surface area (Å²) in [6.07, 6.45) is 0. The van der Waals surface area contributed by atoms with Crippen molar-refractivity contribution in [3.63, 3.8) is 0 Å². The smallest absolute Gasteiger partial charge is 0.164 e. The standard InChI is InChI=1S/C63H40N4O/c1-4-15-41(16-5-1)44-29-31-45(32-30-44)48-23-14-26-52(39-48)67-56-28-11-10-27-55(56)59-57(67)36-35-54-53-34-33-51(40-58(53)68-60(54)59)63-65-61(49-24-12-21-46(37-49)42-17-6-2-7-18-42)64-62(66-63)50-25-13-22-47(38-50)43-19-8-3-9-20-43/h1-40H. The van der Waals surface area contributed by atoms with Crippen molar-refractivity contribution in [2.45, 2.75) is 0 Å². The van der Waals surface area contributed by atoms with E-state index in [2.05, 4.69) is 235 Å². The molecule has 3 aromatic heterocycles. The molecule has 318 valence electrons. The maximum atomic E-state index is 7.00. The van der Waals surface area contributed by atoms with Gasteiger partial charge in [-0.05, 0) is 99.1 Å². The van der Waals surface area contributed by atoms with Crippen LogP contribution in [-0.4, -0.2) is 19.5 Å². The lowest BCUT2D eigenvalue weighted by Crippen LogP contribution is -2.00. The molecule has 0 bridgehead atoms. The summed E-state index contributed by atoms with van der Waals surface area (Å²) in [5.41, 5.74) is 16.7. The highest BCUT2D eigenvalue weighted by Gasteiger charge is 2.21. The SMILES string of the molecule is c1ccc(-c2ccc(-c3cccc(-n4c5ccccc5c5c6oc7cc(-c8nc(-c9cccc(-c%10ccccc%10)c9)nc(-c9cccc(-c%10ccccc%10)c9)n8)ccc7c6ccc54)c3)cc2)cc1. The monoisotopic (exact) mass is 868 g/mol. The molecule has 5 nitrogen and oxygen atoms in total. The summed E-state index contributed by atoms with van der Waals surface area (Å²) < 4.78 is 9.36. The van der Waals surface area contributed by atoms with Gasteiger partial charge < -0.3 is 8.98 Å². The number of aromatic nitrogens is 4. The normalized spacial score (nSPS) is 11.5. The Morgan fingerprint density at radius 2 is 0.706 bits per heavy atom. The lowest BCUT2D eigenvalue weighted by molar-refractivity contribution is 0.673. The number of benzene rings is 10. The van der Waals surface area contributed by atoms with E-state index in [1.54, 1.807) is 0 Å². The Morgan fingerprint density at radius 1 is 0.279 bits per heavy atom. The molecule has 0 unspecified atom stereocenters. The summed E-state index contributed by atoms with van der Waals surface area (Å²) in [5.74, 6) is 1.76. The predicted molar refractivity (Wildman–Crippen MR) is 279 cm³/mol. The van der Waals surface area contributed by atoms with Gasteiger partial charge in [-0.25, -0.2) is 15.0 Å². The highest BCUT2D eigenvalue weighted by Crippen LogP contribution is 2.42. The number of para-hydroxylation sites is 1. The van der Waals surface area contributed by atoms with Gasteiger partial charge in [-0.2, -0.15) is 0 Å². The van der Waals surface area contributed by atoms with Gasteiger partial charge >= 0.3 is 0 Å². The van der Waals surface area contributed by atoms with E-state index in [-0.39, 0.29) is 0 Å². The van der Waals surface area contributed by atoms with Crippen molar-refractivity contribution in [3.8, 4) is 84.4 Å². The number of rotatable bonds is 8. The van der Waals surface area contributed by atoms with Crippen molar-refractivity contribution < 1.29 is 4.42 Å². The van der Waals surface area contributed by atoms with Gasteiger partial charge in [0.15, 0.2) is 17.5 Å². The topological polar surface area (TPSA) is 56.7 Å². The molecule has 0 aliphatic rings. The molecule has 13 rings (SSSR count). The summed E-state index contributed by atoms with van der Waals surface area (Å²) in [5, 5.41) is 4.30. The molecular weight excluding hydrogens is 829 g/mol. The van der Waals surface area contributed by atoms with E-state index in [9.17, 15) is 0 Å². The van der Waals surface area contributed by atoms with Crippen molar-refractivity contribution in [1.29, 1.82) is 0 Å².